The molecule has 0 unspecified atom stereocenters. The molecule has 0 aliphatic rings. The van der Waals surface area contributed by atoms with Crippen molar-refractivity contribution in [1.82, 2.24) is 4.90 Å². The second kappa shape index (κ2) is 8.36. The first kappa shape index (κ1) is 19.3. The van der Waals surface area contributed by atoms with Crippen LogP contribution in [-0.4, -0.2) is 45.7 Å². The second-order valence-electron chi connectivity index (χ2n) is 5.78. The Morgan fingerprint density at radius 1 is 1.16 bits per heavy atom. The Morgan fingerprint density at radius 2 is 1.88 bits per heavy atom. The summed E-state index contributed by atoms with van der Waals surface area (Å²) in [6, 6.07) is 13.8. The molecule has 0 atom stereocenters. The number of rotatable bonds is 7. The zero-order valence-corrected chi connectivity index (χ0v) is 15.7. The number of carbonyl (C=O) groups is 1. The van der Waals surface area contributed by atoms with Crippen LogP contribution < -0.4 is 4.74 Å². The highest BCUT2D eigenvalue weighted by atomic mass is 35.5. The van der Waals surface area contributed by atoms with Gasteiger partial charge >= 0.3 is 0 Å². The number of hydrogen-bond donors (Lipinski definition) is 0. The number of hydrogen-bond acceptors (Lipinski definition) is 4. The molecule has 0 bridgehead atoms. The predicted octanol–water partition coefficient (Wildman–Crippen LogP) is 3.04. The monoisotopic (exact) mass is 381 g/mol. The summed E-state index contributed by atoms with van der Waals surface area (Å²) in [5.74, 6) is 0.284. The summed E-state index contributed by atoms with van der Waals surface area (Å²) >= 11 is 6.01. The molecule has 0 N–H and O–H groups in total. The highest BCUT2D eigenvalue weighted by Gasteiger charge is 2.13. The van der Waals surface area contributed by atoms with Crippen LogP contribution >= 0.6 is 11.6 Å². The molecule has 0 saturated carbocycles. The third kappa shape index (κ3) is 6.07. The Morgan fingerprint density at radius 3 is 2.56 bits per heavy atom. The average molecular weight is 382 g/mol. The molecule has 0 radical (unpaired) electrons. The van der Waals surface area contributed by atoms with E-state index in [-0.39, 0.29) is 11.7 Å². The molecular formula is C18H20ClNO4S. The van der Waals surface area contributed by atoms with E-state index in [4.69, 9.17) is 16.3 Å². The van der Waals surface area contributed by atoms with Gasteiger partial charge in [-0.15, -0.1) is 0 Å². The summed E-state index contributed by atoms with van der Waals surface area (Å²) < 4.78 is 28.4. The van der Waals surface area contributed by atoms with Gasteiger partial charge in [0.05, 0.1) is 17.3 Å². The number of para-hydroxylation sites is 1. The van der Waals surface area contributed by atoms with E-state index >= 15 is 0 Å². The van der Waals surface area contributed by atoms with Gasteiger partial charge in [0.15, 0.2) is 9.84 Å². The van der Waals surface area contributed by atoms with Crippen molar-refractivity contribution in [3.8, 4) is 5.75 Å². The maximum Gasteiger partial charge on any atom is 0.253 e. The van der Waals surface area contributed by atoms with Gasteiger partial charge in [0, 0.05) is 18.9 Å². The van der Waals surface area contributed by atoms with Crippen LogP contribution in [0.4, 0.5) is 0 Å². The number of ether oxygens (including phenoxy) is 1. The van der Waals surface area contributed by atoms with Crippen molar-refractivity contribution < 1.29 is 17.9 Å². The van der Waals surface area contributed by atoms with Crippen molar-refractivity contribution in [3.05, 3.63) is 64.7 Å². The number of likely N-dealkylation sites (N-methyl/N-ethyl adjacent to an activating group) is 1. The fraction of sp³-hybridized carbons (Fsp3) is 0.278. The molecular weight excluding hydrogens is 362 g/mol. The Bertz CT molecular complexity index is 852. The van der Waals surface area contributed by atoms with Gasteiger partial charge in [-0.05, 0) is 29.8 Å². The van der Waals surface area contributed by atoms with E-state index in [0.29, 0.717) is 35.1 Å². The van der Waals surface area contributed by atoms with E-state index < -0.39 is 9.84 Å². The van der Waals surface area contributed by atoms with Gasteiger partial charge in [0.2, 0.25) is 0 Å². The zero-order chi connectivity index (χ0) is 18.4. The Labute approximate surface area is 153 Å². The summed E-state index contributed by atoms with van der Waals surface area (Å²) in [7, 11) is -1.48. The molecule has 0 fully saturated rings. The molecule has 7 heteroatoms. The number of nitrogens with zero attached hydrogens (tertiary/aromatic N) is 1. The minimum Gasteiger partial charge on any atom is -0.490 e. The van der Waals surface area contributed by atoms with E-state index in [1.54, 1.807) is 43.4 Å². The Kier molecular flexibility index (Phi) is 6.45. The van der Waals surface area contributed by atoms with E-state index in [1.807, 2.05) is 12.1 Å². The van der Waals surface area contributed by atoms with Crippen LogP contribution in [0, 0.1) is 0 Å². The first-order valence-corrected chi connectivity index (χ1v) is 10.1. The molecule has 0 spiro atoms. The average Bonchev–Trinajstić information content (AvgIpc) is 2.54. The third-order valence-corrected chi connectivity index (χ3v) is 4.64. The first-order valence-electron chi connectivity index (χ1n) is 7.66. The number of halogens is 1. The lowest BCUT2D eigenvalue weighted by molar-refractivity contribution is 0.0773. The molecule has 2 aromatic rings. The maximum atomic E-state index is 12.5. The highest BCUT2D eigenvalue weighted by molar-refractivity contribution is 7.89. The van der Waals surface area contributed by atoms with Crippen molar-refractivity contribution in [2.45, 2.75) is 5.75 Å². The standard InChI is InChI=1S/C18H20ClNO4S/c1-20(10-11-24-17-9-4-3-8-16(17)19)18(21)15-7-5-6-14(12-15)13-25(2,22)23/h3-9,12H,10-11,13H2,1-2H3. The van der Waals surface area contributed by atoms with E-state index in [9.17, 15) is 13.2 Å². The first-order chi connectivity index (χ1) is 11.8. The van der Waals surface area contributed by atoms with Crippen LogP contribution in [0.1, 0.15) is 15.9 Å². The number of amides is 1. The lowest BCUT2D eigenvalue weighted by atomic mass is 10.1. The van der Waals surface area contributed by atoms with Crippen LogP contribution in [0.25, 0.3) is 0 Å². The largest absolute Gasteiger partial charge is 0.490 e. The van der Waals surface area contributed by atoms with Crippen LogP contribution in [0.2, 0.25) is 5.02 Å². The normalized spacial score (nSPS) is 11.2. The number of benzene rings is 2. The summed E-state index contributed by atoms with van der Waals surface area (Å²) in [6.45, 7) is 0.676. The van der Waals surface area contributed by atoms with Crippen molar-refractivity contribution in [1.29, 1.82) is 0 Å². The molecule has 25 heavy (non-hydrogen) atoms. The molecule has 0 aromatic heterocycles. The minimum atomic E-state index is -3.15. The van der Waals surface area contributed by atoms with E-state index in [2.05, 4.69) is 0 Å². The fourth-order valence-corrected chi connectivity index (χ4v) is 3.25. The Hall–Kier alpha value is -2.05. The molecule has 1 amide bonds. The SMILES string of the molecule is CN(CCOc1ccccc1Cl)C(=O)c1cccc(CS(C)(=O)=O)c1. The highest BCUT2D eigenvalue weighted by Crippen LogP contribution is 2.22. The third-order valence-electron chi connectivity index (χ3n) is 3.47. The van der Waals surface area contributed by atoms with Gasteiger partial charge in [0.25, 0.3) is 5.91 Å². The molecule has 0 aliphatic carbocycles. The smallest absolute Gasteiger partial charge is 0.253 e. The van der Waals surface area contributed by atoms with Gasteiger partial charge in [0.1, 0.15) is 12.4 Å². The van der Waals surface area contributed by atoms with Crippen LogP contribution in [0.3, 0.4) is 0 Å². The van der Waals surface area contributed by atoms with Gasteiger partial charge in [-0.2, -0.15) is 0 Å². The molecule has 0 saturated heterocycles. The maximum absolute atomic E-state index is 12.5. The predicted molar refractivity (Wildman–Crippen MR) is 98.9 cm³/mol. The minimum absolute atomic E-state index is 0.0898. The van der Waals surface area contributed by atoms with Crippen LogP contribution in [0.5, 0.6) is 5.75 Å². The summed E-state index contributed by atoms with van der Waals surface area (Å²) in [5.41, 5.74) is 1.04. The van der Waals surface area contributed by atoms with Crippen LogP contribution in [0.15, 0.2) is 48.5 Å². The number of sulfone groups is 1. The van der Waals surface area contributed by atoms with Crippen molar-refractivity contribution in [2.75, 3.05) is 26.5 Å². The summed E-state index contributed by atoms with van der Waals surface area (Å²) in [6.07, 6.45) is 1.17. The van der Waals surface area contributed by atoms with E-state index in [0.717, 1.165) is 0 Å². The fourth-order valence-electron chi connectivity index (χ4n) is 2.27. The lowest BCUT2D eigenvalue weighted by Crippen LogP contribution is -2.31. The van der Waals surface area contributed by atoms with Crippen molar-refractivity contribution >= 4 is 27.3 Å². The molecule has 0 heterocycles. The summed E-state index contributed by atoms with van der Waals surface area (Å²) in [5, 5.41) is 0.518. The van der Waals surface area contributed by atoms with Crippen molar-refractivity contribution in [2.24, 2.45) is 0 Å². The second-order valence-corrected chi connectivity index (χ2v) is 8.32. The van der Waals surface area contributed by atoms with Gasteiger partial charge in [-0.1, -0.05) is 35.9 Å². The molecule has 0 aliphatic heterocycles. The topological polar surface area (TPSA) is 63.7 Å². The summed E-state index contributed by atoms with van der Waals surface area (Å²) in [4.78, 5) is 14.0. The molecule has 134 valence electrons. The lowest BCUT2D eigenvalue weighted by Gasteiger charge is -2.18. The zero-order valence-electron chi connectivity index (χ0n) is 14.1. The quantitative estimate of drug-likeness (QED) is 0.739. The van der Waals surface area contributed by atoms with Crippen molar-refractivity contribution in [3.63, 3.8) is 0 Å². The van der Waals surface area contributed by atoms with Crippen LogP contribution in [-0.2, 0) is 15.6 Å². The van der Waals surface area contributed by atoms with Gasteiger partial charge in [-0.25, -0.2) is 8.42 Å². The van der Waals surface area contributed by atoms with Gasteiger partial charge in [-0.3, -0.25) is 4.79 Å². The van der Waals surface area contributed by atoms with Gasteiger partial charge < -0.3 is 9.64 Å². The number of carbonyl (C=O) groups excluding carboxylic acids is 1. The molecule has 5 nitrogen and oxygen atoms in total. The van der Waals surface area contributed by atoms with E-state index in [1.165, 1.54) is 11.2 Å². The molecule has 2 rings (SSSR count). The molecule has 2 aromatic carbocycles. The Balaban J connectivity index is 1.95.